The number of likely N-dealkylation sites (tertiary alicyclic amines) is 1. The van der Waals surface area contributed by atoms with E-state index >= 15 is 0 Å². The normalized spacial score (nSPS) is 23.2. The molecule has 0 bridgehead atoms. The molecule has 9 nitrogen and oxygen atoms in total. The number of ether oxygens (including phenoxy) is 1. The maximum atomic E-state index is 11.6. The molecule has 2 fully saturated rings. The van der Waals surface area contributed by atoms with Crippen LogP contribution >= 0.6 is 0 Å². The Morgan fingerprint density at radius 2 is 2.06 bits per heavy atom. The lowest BCUT2D eigenvalue weighted by Crippen LogP contribution is -2.31. The zero-order valence-corrected chi connectivity index (χ0v) is 19.2. The van der Waals surface area contributed by atoms with Gasteiger partial charge < -0.3 is 29.6 Å². The van der Waals surface area contributed by atoms with Crippen LogP contribution in [0, 0.1) is 17.8 Å². The maximum absolute atomic E-state index is 11.6. The zero-order chi connectivity index (χ0) is 23.8. The van der Waals surface area contributed by atoms with Crippen LogP contribution < -0.4 is 5.73 Å². The van der Waals surface area contributed by atoms with Crippen LogP contribution in [-0.2, 0) is 4.74 Å². The smallest absolute Gasteiger partial charge is 0.409 e. The molecule has 1 aliphatic carbocycles. The van der Waals surface area contributed by atoms with Crippen molar-refractivity contribution in [2.75, 3.05) is 26.7 Å². The molecule has 9 heteroatoms. The molecule has 2 aromatic heterocycles. The number of piperidine rings is 1. The number of rotatable bonds is 7. The second-order valence-electron chi connectivity index (χ2n) is 9.00. The van der Waals surface area contributed by atoms with E-state index in [9.17, 15) is 9.90 Å². The Kier molecular flexibility index (Phi) is 5.97. The molecule has 1 aliphatic heterocycles. The van der Waals surface area contributed by atoms with Gasteiger partial charge in [-0.1, -0.05) is 41.6 Å². The Bertz CT molecular complexity index is 1170. The maximum Gasteiger partial charge on any atom is 0.409 e. The van der Waals surface area contributed by atoms with Gasteiger partial charge in [-0.05, 0) is 30.2 Å². The van der Waals surface area contributed by atoms with E-state index in [1.165, 1.54) is 7.11 Å². The van der Waals surface area contributed by atoms with Crippen molar-refractivity contribution >= 4 is 12.2 Å². The van der Waals surface area contributed by atoms with Gasteiger partial charge in [-0.2, -0.15) is 0 Å². The van der Waals surface area contributed by atoms with Gasteiger partial charge in [0.1, 0.15) is 17.6 Å². The molecule has 3 N–H and O–H groups in total. The van der Waals surface area contributed by atoms with Crippen LogP contribution in [0.2, 0.25) is 0 Å². The first-order valence-corrected chi connectivity index (χ1v) is 11.5. The van der Waals surface area contributed by atoms with Crippen molar-refractivity contribution in [3.8, 4) is 11.3 Å². The molecule has 1 saturated heterocycles. The summed E-state index contributed by atoms with van der Waals surface area (Å²) in [7, 11) is 1.43. The number of methoxy groups -OCH3 is 1. The van der Waals surface area contributed by atoms with Crippen molar-refractivity contribution in [3.05, 3.63) is 65.9 Å². The van der Waals surface area contributed by atoms with Crippen LogP contribution in [0.5, 0.6) is 0 Å². The third-order valence-electron chi connectivity index (χ3n) is 6.90. The first-order valence-electron chi connectivity index (χ1n) is 11.5. The van der Waals surface area contributed by atoms with Gasteiger partial charge in [0.15, 0.2) is 5.76 Å². The fraction of sp³-hybridized carbons (Fsp3) is 0.400. The van der Waals surface area contributed by atoms with Gasteiger partial charge in [0.05, 0.1) is 13.2 Å². The molecule has 3 aromatic rings. The van der Waals surface area contributed by atoms with Gasteiger partial charge >= 0.3 is 6.09 Å². The van der Waals surface area contributed by atoms with Gasteiger partial charge in [-0.15, -0.1) is 0 Å². The monoisotopic (exact) mass is 463 g/mol. The SMILES string of the molecule is COC(=O)N1C[C@@H]2C(/C=C/c3ccc(-c4cc([C@@H](CN)n5ccnc5[C@H](C)O)no4)cc3)[C@@H]2C1. The Morgan fingerprint density at radius 1 is 1.32 bits per heavy atom. The average Bonchev–Trinajstić information content (AvgIpc) is 3.37. The van der Waals surface area contributed by atoms with E-state index in [1.807, 2.05) is 22.8 Å². The number of carbonyl (C=O) groups is 1. The molecule has 0 spiro atoms. The third-order valence-corrected chi connectivity index (χ3v) is 6.90. The lowest BCUT2D eigenvalue weighted by atomic mass is 10.1. The highest BCUT2D eigenvalue weighted by molar-refractivity contribution is 5.68. The predicted molar refractivity (Wildman–Crippen MR) is 125 cm³/mol. The molecule has 34 heavy (non-hydrogen) atoms. The van der Waals surface area contributed by atoms with Crippen molar-refractivity contribution in [1.82, 2.24) is 19.6 Å². The Balaban J connectivity index is 1.23. The Labute approximate surface area is 197 Å². The number of fused-ring (bicyclic) bond motifs is 1. The number of aromatic nitrogens is 3. The fourth-order valence-electron chi connectivity index (χ4n) is 4.99. The number of amides is 1. The highest BCUT2D eigenvalue weighted by Gasteiger charge is 2.55. The van der Waals surface area contributed by atoms with Crippen LogP contribution in [-0.4, -0.2) is 57.6 Å². The van der Waals surface area contributed by atoms with E-state index in [0.717, 1.165) is 24.2 Å². The molecule has 3 heterocycles. The predicted octanol–water partition coefficient (Wildman–Crippen LogP) is 3.10. The van der Waals surface area contributed by atoms with Crippen LogP contribution in [0.25, 0.3) is 17.4 Å². The second kappa shape index (κ2) is 9.08. The van der Waals surface area contributed by atoms with E-state index in [0.29, 0.717) is 41.6 Å². The minimum Gasteiger partial charge on any atom is -0.453 e. The number of aliphatic hydroxyl groups excluding tert-OH is 1. The molecule has 5 atom stereocenters. The molecule has 5 rings (SSSR count). The van der Waals surface area contributed by atoms with Crippen molar-refractivity contribution in [1.29, 1.82) is 0 Å². The molecule has 1 saturated carbocycles. The minimum atomic E-state index is -0.710. The first kappa shape index (κ1) is 22.4. The van der Waals surface area contributed by atoms with Gasteiger partial charge in [-0.3, -0.25) is 0 Å². The number of hydrogen-bond donors (Lipinski definition) is 2. The fourth-order valence-corrected chi connectivity index (χ4v) is 4.99. The summed E-state index contributed by atoms with van der Waals surface area (Å²) in [6.07, 6.45) is 6.88. The summed E-state index contributed by atoms with van der Waals surface area (Å²) < 4.78 is 12.2. The van der Waals surface area contributed by atoms with Crippen LogP contribution in [0.4, 0.5) is 4.79 Å². The third kappa shape index (κ3) is 4.12. The number of hydrogen-bond acceptors (Lipinski definition) is 7. The summed E-state index contributed by atoms with van der Waals surface area (Å²) in [5, 5.41) is 14.2. The summed E-state index contributed by atoms with van der Waals surface area (Å²) in [5.41, 5.74) is 8.73. The molecular weight excluding hydrogens is 434 g/mol. The summed E-state index contributed by atoms with van der Waals surface area (Å²) in [5.74, 6) is 2.81. The average molecular weight is 464 g/mol. The summed E-state index contributed by atoms with van der Waals surface area (Å²) >= 11 is 0. The van der Waals surface area contributed by atoms with Gasteiger partial charge in [0.25, 0.3) is 0 Å². The summed E-state index contributed by atoms with van der Waals surface area (Å²) in [6.45, 7) is 3.52. The zero-order valence-electron chi connectivity index (χ0n) is 19.2. The molecule has 178 valence electrons. The lowest BCUT2D eigenvalue weighted by Gasteiger charge is -2.17. The summed E-state index contributed by atoms with van der Waals surface area (Å²) in [6, 6.07) is 9.72. The minimum absolute atomic E-state index is 0.229. The first-order chi connectivity index (χ1) is 16.5. The number of nitrogens with zero attached hydrogens (tertiary/aromatic N) is 4. The van der Waals surface area contributed by atoms with Crippen molar-refractivity contribution in [2.24, 2.45) is 23.5 Å². The number of allylic oxidation sites excluding steroid dienone is 1. The Hall–Kier alpha value is -3.43. The largest absolute Gasteiger partial charge is 0.453 e. The quantitative estimate of drug-likeness (QED) is 0.552. The molecular formula is C25H29N5O4. The van der Waals surface area contributed by atoms with Crippen molar-refractivity contribution in [2.45, 2.75) is 19.1 Å². The van der Waals surface area contributed by atoms with Gasteiger partial charge in [0.2, 0.25) is 0 Å². The van der Waals surface area contributed by atoms with Crippen LogP contribution in [0.1, 0.15) is 36.2 Å². The molecule has 1 unspecified atom stereocenters. The van der Waals surface area contributed by atoms with Gasteiger partial charge in [0, 0.05) is 43.7 Å². The summed E-state index contributed by atoms with van der Waals surface area (Å²) in [4.78, 5) is 17.6. The topological polar surface area (TPSA) is 120 Å². The standard InChI is InChI=1S/C25H29N5O4/c1-15(31)24-27-9-10-30(24)22(12-26)21-11-23(34-28-21)17-6-3-16(4-7-17)5-8-18-19-13-29(14-20(18)19)25(32)33-2/h3-11,15,18-20,22,31H,12-14,26H2,1-2H3/b8-5+/t15-,18?,19-,20+,22+/m0/s1. The van der Waals surface area contributed by atoms with Crippen LogP contribution in [0.15, 0.2) is 53.3 Å². The number of carbonyl (C=O) groups excluding carboxylic acids is 1. The highest BCUT2D eigenvalue weighted by atomic mass is 16.5. The molecule has 1 amide bonds. The molecule has 2 aliphatic rings. The number of nitrogens with two attached hydrogens (primary N) is 1. The van der Waals surface area contributed by atoms with E-state index in [-0.39, 0.29) is 12.1 Å². The van der Waals surface area contributed by atoms with E-state index in [4.69, 9.17) is 15.0 Å². The van der Waals surface area contributed by atoms with Gasteiger partial charge in [-0.25, -0.2) is 9.78 Å². The second-order valence-corrected chi connectivity index (χ2v) is 9.00. The highest BCUT2D eigenvalue weighted by Crippen LogP contribution is 2.52. The number of benzene rings is 1. The number of aliphatic hydroxyl groups is 1. The van der Waals surface area contributed by atoms with Crippen molar-refractivity contribution in [3.63, 3.8) is 0 Å². The Morgan fingerprint density at radius 3 is 2.71 bits per heavy atom. The van der Waals surface area contributed by atoms with E-state index in [1.54, 1.807) is 24.2 Å². The van der Waals surface area contributed by atoms with E-state index in [2.05, 4.69) is 34.4 Å². The van der Waals surface area contributed by atoms with Crippen molar-refractivity contribution < 1.29 is 19.2 Å². The lowest BCUT2D eigenvalue weighted by molar-refractivity contribution is 0.127. The van der Waals surface area contributed by atoms with Crippen LogP contribution in [0.3, 0.4) is 0 Å². The molecule has 1 aromatic carbocycles. The molecule has 0 radical (unpaired) electrons. The number of imidazole rings is 1. The van der Waals surface area contributed by atoms with E-state index < -0.39 is 6.10 Å².